The molecule has 0 aromatic heterocycles. The van der Waals surface area contributed by atoms with E-state index in [0.717, 1.165) is 27.6 Å². The summed E-state index contributed by atoms with van der Waals surface area (Å²) in [7, 11) is -3.54. The predicted molar refractivity (Wildman–Crippen MR) is 145 cm³/mol. The third kappa shape index (κ3) is 6.04. The summed E-state index contributed by atoms with van der Waals surface area (Å²) >= 11 is 0. The molecule has 0 fully saturated rings. The highest BCUT2D eigenvalue weighted by molar-refractivity contribution is 7.92. The van der Waals surface area contributed by atoms with Crippen molar-refractivity contribution in [1.82, 2.24) is 5.32 Å². The van der Waals surface area contributed by atoms with Crippen molar-refractivity contribution in [2.45, 2.75) is 20.4 Å². The van der Waals surface area contributed by atoms with Crippen LogP contribution in [0.5, 0.6) is 5.75 Å². The monoisotopic (exact) mass is 502 g/mol. The van der Waals surface area contributed by atoms with Gasteiger partial charge in [-0.15, -0.1) is 0 Å². The molecule has 4 aromatic carbocycles. The molecule has 0 heterocycles. The van der Waals surface area contributed by atoms with Gasteiger partial charge in [-0.1, -0.05) is 66.2 Å². The topological polar surface area (TPSA) is 75.7 Å². The van der Waals surface area contributed by atoms with Gasteiger partial charge in [-0.2, -0.15) is 0 Å². The highest BCUT2D eigenvalue weighted by Gasteiger charge is 2.20. The first-order valence-electron chi connectivity index (χ1n) is 11.7. The molecule has 36 heavy (non-hydrogen) atoms. The number of ether oxygens (including phenoxy) is 1. The fraction of sp³-hybridized carbons (Fsp3) is 0.207. The summed E-state index contributed by atoms with van der Waals surface area (Å²) in [5.74, 6) is 0.598. The van der Waals surface area contributed by atoms with Gasteiger partial charge in [0.15, 0.2) is 0 Å². The Morgan fingerprint density at radius 3 is 2.36 bits per heavy atom. The van der Waals surface area contributed by atoms with E-state index in [-0.39, 0.29) is 12.5 Å². The average molecular weight is 503 g/mol. The summed E-state index contributed by atoms with van der Waals surface area (Å²) in [6.45, 7) is 4.93. The minimum Gasteiger partial charge on any atom is -0.491 e. The van der Waals surface area contributed by atoms with Crippen LogP contribution in [0.25, 0.3) is 10.8 Å². The second kappa shape index (κ2) is 10.8. The first-order valence-corrected chi connectivity index (χ1v) is 13.6. The minimum absolute atomic E-state index is 0.165. The number of nitrogens with one attached hydrogen (secondary N) is 1. The number of sulfonamides is 1. The van der Waals surface area contributed by atoms with Crippen molar-refractivity contribution in [3.05, 3.63) is 107 Å². The van der Waals surface area contributed by atoms with Gasteiger partial charge >= 0.3 is 0 Å². The zero-order chi connectivity index (χ0) is 25.7. The van der Waals surface area contributed by atoms with Crippen LogP contribution in [-0.4, -0.2) is 33.7 Å². The average Bonchev–Trinajstić information content (AvgIpc) is 2.85. The number of anilines is 1. The van der Waals surface area contributed by atoms with Crippen LogP contribution in [0.4, 0.5) is 5.69 Å². The van der Waals surface area contributed by atoms with Gasteiger partial charge in [0.25, 0.3) is 5.91 Å². The second-order valence-corrected chi connectivity index (χ2v) is 10.7. The van der Waals surface area contributed by atoms with E-state index >= 15 is 0 Å². The quantitative estimate of drug-likeness (QED) is 0.318. The smallest absolute Gasteiger partial charge is 0.251 e. The maximum absolute atomic E-state index is 12.7. The van der Waals surface area contributed by atoms with Crippen LogP contribution in [0.3, 0.4) is 0 Å². The van der Waals surface area contributed by atoms with Gasteiger partial charge in [0.2, 0.25) is 10.0 Å². The molecule has 7 heteroatoms. The predicted octanol–water partition coefficient (Wildman–Crippen LogP) is 5.23. The van der Waals surface area contributed by atoms with E-state index < -0.39 is 10.0 Å². The second-order valence-electron chi connectivity index (χ2n) is 8.84. The Hall–Kier alpha value is -3.84. The molecule has 4 aromatic rings. The number of hydrogen-bond donors (Lipinski definition) is 1. The molecule has 186 valence electrons. The Bertz CT molecular complexity index is 1480. The molecule has 0 saturated heterocycles. The zero-order valence-electron chi connectivity index (χ0n) is 20.7. The SMILES string of the molecule is Cc1ccc(OCCNC(=O)c2ccc(CN(c3cccc4ccccc34)S(C)(=O)=O)cc2)c(C)c1. The molecule has 0 bridgehead atoms. The Balaban J connectivity index is 1.40. The van der Waals surface area contributed by atoms with Crippen LogP contribution >= 0.6 is 0 Å². The Kier molecular flexibility index (Phi) is 7.60. The Labute approximate surface area is 212 Å². The van der Waals surface area contributed by atoms with Crippen molar-refractivity contribution in [2.75, 3.05) is 23.7 Å². The maximum Gasteiger partial charge on any atom is 0.251 e. The van der Waals surface area contributed by atoms with Crippen molar-refractivity contribution in [3.63, 3.8) is 0 Å². The van der Waals surface area contributed by atoms with E-state index in [1.165, 1.54) is 16.1 Å². The van der Waals surface area contributed by atoms with Crippen molar-refractivity contribution in [2.24, 2.45) is 0 Å². The molecule has 0 atom stereocenters. The third-order valence-electron chi connectivity index (χ3n) is 5.95. The van der Waals surface area contributed by atoms with Gasteiger partial charge in [-0.05, 0) is 54.6 Å². The van der Waals surface area contributed by atoms with E-state index in [1.54, 1.807) is 24.3 Å². The van der Waals surface area contributed by atoms with Crippen molar-refractivity contribution >= 4 is 32.4 Å². The van der Waals surface area contributed by atoms with Gasteiger partial charge < -0.3 is 10.1 Å². The number of rotatable bonds is 9. The lowest BCUT2D eigenvalue weighted by molar-refractivity contribution is 0.0947. The molecule has 4 rings (SSSR count). The van der Waals surface area contributed by atoms with E-state index in [4.69, 9.17) is 4.74 Å². The summed E-state index contributed by atoms with van der Waals surface area (Å²) in [6.07, 6.45) is 1.21. The Morgan fingerprint density at radius 1 is 0.917 bits per heavy atom. The molecular weight excluding hydrogens is 472 g/mol. The fourth-order valence-electron chi connectivity index (χ4n) is 4.12. The lowest BCUT2D eigenvalue weighted by Gasteiger charge is -2.24. The number of aryl methyl sites for hydroxylation is 2. The number of hydrogen-bond acceptors (Lipinski definition) is 4. The van der Waals surface area contributed by atoms with E-state index in [2.05, 4.69) is 11.4 Å². The largest absolute Gasteiger partial charge is 0.491 e. The van der Waals surface area contributed by atoms with Crippen LogP contribution in [-0.2, 0) is 16.6 Å². The molecule has 6 nitrogen and oxygen atoms in total. The third-order valence-corrected chi connectivity index (χ3v) is 7.08. The van der Waals surface area contributed by atoms with Gasteiger partial charge in [-0.3, -0.25) is 9.10 Å². The van der Waals surface area contributed by atoms with Gasteiger partial charge in [0.1, 0.15) is 12.4 Å². The number of amides is 1. The minimum atomic E-state index is -3.54. The van der Waals surface area contributed by atoms with Crippen LogP contribution < -0.4 is 14.4 Å². The van der Waals surface area contributed by atoms with Crippen molar-refractivity contribution < 1.29 is 17.9 Å². The van der Waals surface area contributed by atoms with Crippen LogP contribution in [0.15, 0.2) is 84.9 Å². The molecule has 0 aliphatic rings. The molecule has 0 aliphatic heterocycles. The van der Waals surface area contributed by atoms with E-state index in [1.807, 2.05) is 68.4 Å². The molecule has 0 saturated carbocycles. The maximum atomic E-state index is 12.7. The highest BCUT2D eigenvalue weighted by Crippen LogP contribution is 2.29. The molecule has 0 radical (unpaired) electrons. The first-order chi connectivity index (χ1) is 17.2. The molecule has 0 spiro atoms. The van der Waals surface area contributed by atoms with Crippen molar-refractivity contribution in [3.8, 4) is 5.75 Å². The number of fused-ring (bicyclic) bond motifs is 1. The molecule has 1 N–H and O–H groups in total. The number of carbonyl (C=O) groups is 1. The van der Waals surface area contributed by atoms with E-state index in [9.17, 15) is 13.2 Å². The van der Waals surface area contributed by atoms with Crippen LogP contribution in [0, 0.1) is 13.8 Å². The zero-order valence-corrected chi connectivity index (χ0v) is 21.5. The summed E-state index contributed by atoms with van der Waals surface area (Å²) in [6, 6.07) is 26.3. The summed E-state index contributed by atoms with van der Waals surface area (Å²) in [5, 5.41) is 4.70. The van der Waals surface area contributed by atoms with Gasteiger partial charge in [0.05, 0.1) is 25.0 Å². The number of nitrogens with zero attached hydrogens (tertiary/aromatic N) is 1. The van der Waals surface area contributed by atoms with E-state index in [0.29, 0.717) is 24.4 Å². The molecule has 1 amide bonds. The molecule has 0 aliphatic carbocycles. The molecular formula is C29H30N2O4S. The number of carbonyl (C=O) groups excluding carboxylic acids is 1. The highest BCUT2D eigenvalue weighted by atomic mass is 32.2. The fourth-order valence-corrected chi connectivity index (χ4v) is 5.02. The van der Waals surface area contributed by atoms with Crippen molar-refractivity contribution in [1.29, 1.82) is 0 Å². The van der Waals surface area contributed by atoms with Gasteiger partial charge in [-0.25, -0.2) is 8.42 Å². The summed E-state index contributed by atoms with van der Waals surface area (Å²) in [5.41, 5.74) is 4.14. The normalized spacial score (nSPS) is 11.3. The van der Waals surface area contributed by atoms with Crippen LogP contribution in [0.2, 0.25) is 0 Å². The van der Waals surface area contributed by atoms with Crippen LogP contribution in [0.1, 0.15) is 27.0 Å². The summed E-state index contributed by atoms with van der Waals surface area (Å²) in [4.78, 5) is 12.6. The summed E-state index contributed by atoms with van der Waals surface area (Å²) < 4.78 is 32.5. The Morgan fingerprint density at radius 2 is 1.64 bits per heavy atom. The van der Waals surface area contributed by atoms with Gasteiger partial charge in [0, 0.05) is 10.9 Å². The first kappa shape index (κ1) is 25.3. The lowest BCUT2D eigenvalue weighted by atomic mass is 10.1. The standard InChI is InChI=1S/C29H30N2O4S/c1-21-11-16-28(22(2)19-21)35-18-17-30-29(32)25-14-12-23(13-15-25)20-31(36(3,33)34)27-10-6-8-24-7-4-5-9-26(24)27/h4-16,19H,17-18,20H2,1-3H3,(H,30,32). The number of benzene rings is 4. The lowest BCUT2D eigenvalue weighted by Crippen LogP contribution is -2.30. The molecule has 0 unspecified atom stereocenters.